The summed E-state index contributed by atoms with van der Waals surface area (Å²) < 4.78 is 4.57. The van der Waals surface area contributed by atoms with E-state index in [-0.39, 0.29) is 16.7 Å². The van der Waals surface area contributed by atoms with E-state index in [0.717, 1.165) is 6.42 Å². The molecule has 1 N–H and O–H groups in total. The molecule has 3 nitrogen and oxygen atoms in total. The first-order chi connectivity index (χ1) is 5.69. The van der Waals surface area contributed by atoms with Crippen molar-refractivity contribution in [3.63, 3.8) is 0 Å². The van der Waals surface area contributed by atoms with Crippen LogP contribution in [-0.4, -0.2) is 5.91 Å². The number of halogens is 1. The van der Waals surface area contributed by atoms with E-state index in [9.17, 15) is 4.79 Å². The Hall–Kier alpha value is 0.160. The van der Waals surface area contributed by atoms with Gasteiger partial charge in [0.25, 0.3) is 0 Å². The Morgan fingerprint density at radius 2 is 1.77 bits per heavy atom. The standard InChI is InChI=1S/C9H18INO2/c1-8(2,3)6-9(4,5)7(12)11-13-10/h6H2,1-5H3,(H,11,12). The molecular formula is C9H18INO2. The van der Waals surface area contributed by atoms with Crippen molar-refractivity contribution in [2.24, 2.45) is 10.8 Å². The van der Waals surface area contributed by atoms with Crippen molar-refractivity contribution in [3.05, 3.63) is 0 Å². The van der Waals surface area contributed by atoms with Crippen LogP contribution in [-0.2, 0) is 7.96 Å². The molecule has 0 saturated carbocycles. The van der Waals surface area contributed by atoms with Gasteiger partial charge in [-0.25, -0.2) is 8.65 Å². The maximum atomic E-state index is 11.5. The molecule has 1 amide bonds. The summed E-state index contributed by atoms with van der Waals surface area (Å²) in [6.07, 6.45) is 0.825. The molecule has 0 aliphatic carbocycles. The third kappa shape index (κ3) is 5.46. The zero-order chi connectivity index (χ0) is 10.7. The molecule has 0 aromatic heterocycles. The number of nitrogens with one attached hydrogen (secondary N) is 1. The second kappa shape index (κ2) is 4.59. The molecule has 0 rings (SSSR count). The molecule has 0 unspecified atom stereocenters. The highest BCUT2D eigenvalue weighted by Gasteiger charge is 2.32. The number of carbonyl (C=O) groups excluding carboxylic acids is 1. The molecule has 0 aliphatic heterocycles. The molecule has 0 spiro atoms. The van der Waals surface area contributed by atoms with Gasteiger partial charge in [0.2, 0.25) is 5.91 Å². The first-order valence-corrected chi connectivity index (χ1v) is 5.15. The summed E-state index contributed by atoms with van der Waals surface area (Å²) in [6, 6.07) is 0. The molecule has 0 aromatic rings. The van der Waals surface area contributed by atoms with Crippen LogP contribution in [0.15, 0.2) is 0 Å². The van der Waals surface area contributed by atoms with Crippen LogP contribution in [0.4, 0.5) is 0 Å². The van der Waals surface area contributed by atoms with E-state index in [1.54, 1.807) is 23.0 Å². The van der Waals surface area contributed by atoms with Crippen molar-refractivity contribution in [2.75, 3.05) is 0 Å². The van der Waals surface area contributed by atoms with Crippen LogP contribution in [0.3, 0.4) is 0 Å². The normalized spacial score (nSPS) is 12.8. The number of amides is 1. The molecule has 0 aliphatic rings. The Kier molecular flexibility index (Phi) is 4.65. The number of carbonyl (C=O) groups is 1. The van der Waals surface area contributed by atoms with Gasteiger partial charge in [-0.1, -0.05) is 34.6 Å². The van der Waals surface area contributed by atoms with Gasteiger partial charge >= 0.3 is 0 Å². The average Bonchev–Trinajstić information content (AvgIpc) is 1.82. The largest absolute Gasteiger partial charge is 0.272 e. The number of hydroxylamine groups is 1. The Morgan fingerprint density at radius 1 is 1.31 bits per heavy atom. The van der Waals surface area contributed by atoms with E-state index in [0.29, 0.717) is 0 Å². The molecule has 78 valence electrons. The van der Waals surface area contributed by atoms with E-state index < -0.39 is 0 Å². The Bertz CT molecular complexity index is 185. The van der Waals surface area contributed by atoms with Crippen molar-refractivity contribution < 1.29 is 7.96 Å². The first-order valence-electron chi connectivity index (χ1n) is 4.27. The molecule has 0 atom stereocenters. The van der Waals surface area contributed by atoms with Crippen molar-refractivity contribution in [1.29, 1.82) is 0 Å². The van der Waals surface area contributed by atoms with Crippen LogP contribution in [0.2, 0.25) is 0 Å². The van der Waals surface area contributed by atoms with E-state index in [4.69, 9.17) is 0 Å². The average molecular weight is 299 g/mol. The number of hydrogen-bond acceptors (Lipinski definition) is 2. The van der Waals surface area contributed by atoms with Crippen molar-refractivity contribution in [3.8, 4) is 0 Å². The van der Waals surface area contributed by atoms with Gasteiger partial charge in [0.15, 0.2) is 0 Å². The zero-order valence-corrected chi connectivity index (χ0v) is 11.1. The van der Waals surface area contributed by atoms with Gasteiger partial charge in [-0.3, -0.25) is 4.79 Å². The van der Waals surface area contributed by atoms with Gasteiger partial charge in [0.1, 0.15) is 23.0 Å². The molecule has 0 heterocycles. The van der Waals surface area contributed by atoms with Crippen LogP contribution >= 0.6 is 23.0 Å². The summed E-state index contributed by atoms with van der Waals surface area (Å²) in [7, 11) is 0. The lowest BCUT2D eigenvalue weighted by Gasteiger charge is -2.30. The highest BCUT2D eigenvalue weighted by Crippen LogP contribution is 2.33. The minimum Gasteiger partial charge on any atom is -0.272 e. The molecule has 0 saturated heterocycles. The van der Waals surface area contributed by atoms with Crippen LogP contribution in [0.25, 0.3) is 0 Å². The van der Waals surface area contributed by atoms with Gasteiger partial charge in [-0.15, -0.1) is 0 Å². The van der Waals surface area contributed by atoms with Gasteiger partial charge in [0.05, 0.1) is 0 Å². The minimum atomic E-state index is -0.385. The fraction of sp³-hybridized carbons (Fsp3) is 0.889. The van der Waals surface area contributed by atoms with Gasteiger partial charge in [-0.05, 0) is 11.8 Å². The molecule has 13 heavy (non-hydrogen) atoms. The minimum absolute atomic E-state index is 0.0724. The third-order valence-electron chi connectivity index (χ3n) is 1.72. The van der Waals surface area contributed by atoms with Crippen molar-refractivity contribution in [2.45, 2.75) is 41.0 Å². The second-order valence-electron chi connectivity index (χ2n) is 5.13. The highest BCUT2D eigenvalue weighted by atomic mass is 127. The molecule has 4 heteroatoms. The molecule has 0 radical (unpaired) electrons. The van der Waals surface area contributed by atoms with Crippen LogP contribution < -0.4 is 5.48 Å². The van der Waals surface area contributed by atoms with Crippen molar-refractivity contribution in [1.82, 2.24) is 5.48 Å². The highest BCUT2D eigenvalue weighted by molar-refractivity contribution is 14.1. The topological polar surface area (TPSA) is 38.3 Å². The monoisotopic (exact) mass is 299 g/mol. The zero-order valence-electron chi connectivity index (χ0n) is 8.90. The Morgan fingerprint density at radius 3 is 2.08 bits per heavy atom. The van der Waals surface area contributed by atoms with Crippen LogP contribution in [0.1, 0.15) is 41.0 Å². The van der Waals surface area contributed by atoms with Crippen LogP contribution in [0.5, 0.6) is 0 Å². The molecule has 0 aromatic carbocycles. The maximum Gasteiger partial charge on any atom is 0.249 e. The Balaban J connectivity index is 4.30. The molecule has 0 fully saturated rings. The van der Waals surface area contributed by atoms with Gasteiger partial charge in [-0.2, -0.15) is 0 Å². The van der Waals surface area contributed by atoms with Gasteiger partial charge in [0, 0.05) is 5.41 Å². The second-order valence-corrected chi connectivity index (χ2v) is 5.57. The van der Waals surface area contributed by atoms with E-state index in [2.05, 4.69) is 29.4 Å². The summed E-state index contributed by atoms with van der Waals surface area (Å²) in [6.45, 7) is 10.2. The summed E-state index contributed by atoms with van der Waals surface area (Å²) in [5, 5.41) is 0. The number of rotatable bonds is 3. The Labute approximate surface area is 94.3 Å². The lowest BCUT2D eigenvalue weighted by molar-refractivity contribution is -0.136. The lowest BCUT2D eigenvalue weighted by Crippen LogP contribution is -2.37. The molecular weight excluding hydrogens is 281 g/mol. The predicted octanol–water partition coefficient (Wildman–Crippen LogP) is 2.85. The quantitative estimate of drug-likeness (QED) is 0.643. The molecule has 0 bridgehead atoms. The first kappa shape index (κ1) is 13.2. The van der Waals surface area contributed by atoms with E-state index in [1.807, 2.05) is 13.8 Å². The smallest absolute Gasteiger partial charge is 0.249 e. The van der Waals surface area contributed by atoms with Crippen molar-refractivity contribution >= 4 is 28.9 Å². The fourth-order valence-corrected chi connectivity index (χ4v) is 1.78. The third-order valence-corrected chi connectivity index (χ3v) is 1.94. The summed E-state index contributed by atoms with van der Waals surface area (Å²) in [4.78, 5) is 11.5. The SMILES string of the molecule is CC(C)(C)CC(C)(C)C(=O)NOI. The van der Waals surface area contributed by atoms with Gasteiger partial charge < -0.3 is 0 Å². The fourth-order valence-electron chi connectivity index (χ4n) is 1.58. The summed E-state index contributed by atoms with van der Waals surface area (Å²) in [5.41, 5.74) is 2.12. The maximum absolute atomic E-state index is 11.5. The lowest BCUT2D eigenvalue weighted by atomic mass is 9.76. The number of hydrogen-bond donors (Lipinski definition) is 1. The van der Waals surface area contributed by atoms with E-state index >= 15 is 0 Å². The van der Waals surface area contributed by atoms with E-state index in [1.165, 1.54) is 0 Å². The van der Waals surface area contributed by atoms with Crippen LogP contribution in [0, 0.1) is 10.8 Å². The summed E-state index contributed by atoms with van der Waals surface area (Å²) in [5.74, 6) is -0.0724. The predicted molar refractivity (Wildman–Crippen MR) is 61.1 cm³/mol. The summed E-state index contributed by atoms with van der Waals surface area (Å²) >= 11 is 1.65.